The second-order valence-corrected chi connectivity index (χ2v) is 6.17. The minimum Gasteiger partial charge on any atom is -0.481 e. The van der Waals surface area contributed by atoms with Crippen molar-refractivity contribution in [1.29, 1.82) is 0 Å². The van der Waals surface area contributed by atoms with E-state index < -0.39 is 5.97 Å². The molecule has 2 atom stereocenters. The Kier molecular flexibility index (Phi) is 4.58. The Bertz CT molecular complexity index is 444. The van der Waals surface area contributed by atoms with E-state index in [1.165, 1.54) is 4.88 Å². The third-order valence-corrected chi connectivity index (χ3v) is 4.72. The van der Waals surface area contributed by atoms with Crippen LogP contribution in [0, 0.1) is 11.8 Å². The Balaban J connectivity index is 1.81. The van der Waals surface area contributed by atoms with E-state index in [2.05, 4.69) is 6.07 Å². The van der Waals surface area contributed by atoms with Gasteiger partial charge in [-0.3, -0.25) is 9.59 Å². The highest BCUT2D eigenvalue weighted by Gasteiger charge is 2.34. The molecule has 1 fully saturated rings. The summed E-state index contributed by atoms with van der Waals surface area (Å²) in [4.78, 5) is 26.1. The summed E-state index contributed by atoms with van der Waals surface area (Å²) in [7, 11) is 1.81. The zero-order chi connectivity index (χ0) is 13.8. The number of hydrogen-bond acceptors (Lipinski definition) is 3. The van der Waals surface area contributed by atoms with Crippen LogP contribution in [0.1, 0.15) is 24.1 Å². The molecule has 1 heterocycles. The van der Waals surface area contributed by atoms with E-state index in [0.717, 1.165) is 6.42 Å². The number of hydrogen-bond donors (Lipinski definition) is 1. The highest BCUT2D eigenvalue weighted by atomic mass is 32.1. The third kappa shape index (κ3) is 3.56. The average Bonchev–Trinajstić information content (AvgIpc) is 3.05. The summed E-state index contributed by atoms with van der Waals surface area (Å²) in [5, 5.41) is 11.0. The van der Waals surface area contributed by atoms with Crippen molar-refractivity contribution >= 4 is 23.2 Å². The van der Waals surface area contributed by atoms with Crippen LogP contribution in [0.15, 0.2) is 17.5 Å². The average molecular weight is 281 g/mol. The SMILES string of the molecule is CN(CCc1cccs1)C(=O)[C@@H]1CC[C@H](C(=O)O)C1. The van der Waals surface area contributed by atoms with Gasteiger partial charge in [0.05, 0.1) is 5.92 Å². The van der Waals surface area contributed by atoms with Crippen molar-refractivity contribution in [2.75, 3.05) is 13.6 Å². The summed E-state index contributed by atoms with van der Waals surface area (Å²) >= 11 is 1.70. The van der Waals surface area contributed by atoms with Crippen LogP contribution in [-0.4, -0.2) is 35.5 Å². The molecule has 19 heavy (non-hydrogen) atoms. The Labute approximate surface area is 117 Å². The molecule has 2 rings (SSSR count). The number of thiophene rings is 1. The lowest BCUT2D eigenvalue weighted by molar-refractivity contribution is -0.141. The number of rotatable bonds is 5. The molecule has 4 nitrogen and oxygen atoms in total. The predicted octanol–water partition coefficient (Wildman–Crippen LogP) is 2.25. The molecule has 0 radical (unpaired) electrons. The first-order valence-corrected chi connectivity index (χ1v) is 7.46. The molecule has 0 aromatic carbocycles. The summed E-state index contributed by atoms with van der Waals surface area (Å²) in [6.07, 6.45) is 2.70. The fraction of sp³-hybridized carbons (Fsp3) is 0.571. The van der Waals surface area contributed by atoms with Crippen molar-refractivity contribution in [3.05, 3.63) is 22.4 Å². The minimum atomic E-state index is -0.767. The zero-order valence-electron chi connectivity index (χ0n) is 11.0. The largest absolute Gasteiger partial charge is 0.481 e. The molecule has 0 bridgehead atoms. The van der Waals surface area contributed by atoms with Crippen LogP contribution in [0.4, 0.5) is 0 Å². The van der Waals surface area contributed by atoms with Gasteiger partial charge in [0.2, 0.25) is 5.91 Å². The van der Waals surface area contributed by atoms with Crippen LogP contribution >= 0.6 is 11.3 Å². The van der Waals surface area contributed by atoms with Gasteiger partial charge >= 0.3 is 5.97 Å². The van der Waals surface area contributed by atoms with Crippen LogP contribution in [0.5, 0.6) is 0 Å². The van der Waals surface area contributed by atoms with Gasteiger partial charge in [-0.25, -0.2) is 0 Å². The summed E-state index contributed by atoms with van der Waals surface area (Å²) in [6.45, 7) is 0.702. The Morgan fingerprint density at radius 2 is 2.16 bits per heavy atom. The number of likely N-dealkylation sites (N-methyl/N-ethyl adjacent to an activating group) is 1. The van der Waals surface area contributed by atoms with E-state index in [-0.39, 0.29) is 17.7 Å². The predicted molar refractivity (Wildman–Crippen MR) is 74.1 cm³/mol. The highest BCUT2D eigenvalue weighted by molar-refractivity contribution is 7.09. The quantitative estimate of drug-likeness (QED) is 0.900. The van der Waals surface area contributed by atoms with Crippen LogP contribution in [0.2, 0.25) is 0 Å². The molecule has 1 saturated carbocycles. The lowest BCUT2D eigenvalue weighted by Gasteiger charge is -2.20. The Hall–Kier alpha value is -1.36. The number of carboxylic acid groups (broad SMARTS) is 1. The van der Waals surface area contributed by atoms with Crippen LogP contribution in [0.3, 0.4) is 0 Å². The van der Waals surface area contributed by atoms with Gasteiger partial charge in [0.1, 0.15) is 0 Å². The zero-order valence-corrected chi connectivity index (χ0v) is 11.9. The van der Waals surface area contributed by atoms with E-state index in [0.29, 0.717) is 25.8 Å². The molecular formula is C14H19NO3S. The van der Waals surface area contributed by atoms with Gasteiger partial charge in [0.15, 0.2) is 0 Å². The fourth-order valence-electron chi connectivity index (χ4n) is 2.58. The normalized spacial score (nSPS) is 22.4. The van der Waals surface area contributed by atoms with Gasteiger partial charge in [-0.1, -0.05) is 6.07 Å². The maximum Gasteiger partial charge on any atom is 0.306 e. The number of carboxylic acids is 1. The summed E-state index contributed by atoms with van der Waals surface area (Å²) < 4.78 is 0. The summed E-state index contributed by atoms with van der Waals surface area (Å²) in [5.74, 6) is -1.11. The monoisotopic (exact) mass is 281 g/mol. The molecule has 5 heteroatoms. The summed E-state index contributed by atoms with van der Waals surface area (Å²) in [5.41, 5.74) is 0. The van der Waals surface area contributed by atoms with Gasteiger partial charge in [0, 0.05) is 24.4 Å². The van der Waals surface area contributed by atoms with Crippen molar-refractivity contribution in [2.45, 2.75) is 25.7 Å². The lowest BCUT2D eigenvalue weighted by atomic mass is 10.0. The lowest BCUT2D eigenvalue weighted by Crippen LogP contribution is -2.33. The molecule has 1 aromatic heterocycles. The molecule has 1 aromatic rings. The molecule has 0 spiro atoms. The fourth-order valence-corrected chi connectivity index (χ4v) is 3.28. The Morgan fingerprint density at radius 3 is 2.74 bits per heavy atom. The first-order valence-electron chi connectivity index (χ1n) is 6.58. The van der Waals surface area contributed by atoms with Gasteiger partial charge < -0.3 is 10.0 Å². The number of carbonyl (C=O) groups is 2. The minimum absolute atomic E-state index is 0.0975. The standard InChI is InChI=1S/C14H19NO3S/c1-15(7-6-12-3-2-8-19-12)13(16)10-4-5-11(9-10)14(17)18/h2-3,8,10-11H,4-7,9H2,1H3,(H,17,18)/t10-,11+/m1/s1. The van der Waals surface area contributed by atoms with Crippen molar-refractivity contribution in [3.63, 3.8) is 0 Å². The van der Waals surface area contributed by atoms with Gasteiger partial charge in [0.25, 0.3) is 0 Å². The van der Waals surface area contributed by atoms with Crippen LogP contribution in [0.25, 0.3) is 0 Å². The van der Waals surface area contributed by atoms with E-state index in [1.54, 1.807) is 16.2 Å². The molecule has 1 aliphatic rings. The van der Waals surface area contributed by atoms with Crippen molar-refractivity contribution in [3.8, 4) is 0 Å². The number of carbonyl (C=O) groups excluding carboxylic acids is 1. The van der Waals surface area contributed by atoms with E-state index in [1.807, 2.05) is 18.5 Å². The number of aliphatic carboxylic acids is 1. The van der Waals surface area contributed by atoms with E-state index in [4.69, 9.17) is 5.11 Å². The third-order valence-electron chi connectivity index (χ3n) is 3.78. The maximum absolute atomic E-state index is 12.2. The molecule has 1 N–H and O–H groups in total. The molecule has 104 valence electrons. The van der Waals surface area contributed by atoms with Gasteiger partial charge in [-0.2, -0.15) is 0 Å². The molecular weight excluding hydrogens is 262 g/mol. The van der Waals surface area contributed by atoms with Crippen molar-refractivity contribution in [1.82, 2.24) is 4.90 Å². The number of nitrogens with zero attached hydrogens (tertiary/aromatic N) is 1. The first-order chi connectivity index (χ1) is 9.08. The Morgan fingerprint density at radius 1 is 1.42 bits per heavy atom. The molecule has 0 unspecified atom stereocenters. The van der Waals surface area contributed by atoms with Crippen LogP contribution in [-0.2, 0) is 16.0 Å². The van der Waals surface area contributed by atoms with Crippen molar-refractivity contribution < 1.29 is 14.7 Å². The molecule has 0 saturated heterocycles. The van der Waals surface area contributed by atoms with Gasteiger partial charge in [-0.05, 0) is 37.1 Å². The first kappa shape index (κ1) is 14.1. The van der Waals surface area contributed by atoms with Crippen molar-refractivity contribution in [2.24, 2.45) is 11.8 Å². The van der Waals surface area contributed by atoms with E-state index in [9.17, 15) is 9.59 Å². The maximum atomic E-state index is 12.2. The molecule has 1 amide bonds. The second kappa shape index (κ2) is 6.19. The molecule has 0 aliphatic heterocycles. The highest BCUT2D eigenvalue weighted by Crippen LogP contribution is 2.32. The second-order valence-electron chi connectivity index (χ2n) is 5.13. The topological polar surface area (TPSA) is 57.6 Å². The van der Waals surface area contributed by atoms with Crippen LogP contribution < -0.4 is 0 Å². The summed E-state index contributed by atoms with van der Waals surface area (Å²) in [6, 6.07) is 4.08. The molecule has 1 aliphatic carbocycles. The van der Waals surface area contributed by atoms with Gasteiger partial charge in [-0.15, -0.1) is 11.3 Å². The smallest absolute Gasteiger partial charge is 0.306 e. The van der Waals surface area contributed by atoms with E-state index >= 15 is 0 Å². The number of amides is 1.